The molecule has 0 spiro atoms. The normalized spacial score (nSPS) is 11.6. The fraction of sp³-hybridized carbons (Fsp3) is 0.226. The number of hydrogen-bond donors (Lipinski definition) is 1. The Kier molecular flexibility index (Phi) is 8.48. The minimum atomic E-state index is -0.645. The van der Waals surface area contributed by atoms with Crippen molar-refractivity contribution in [2.45, 2.75) is 19.9 Å². The van der Waals surface area contributed by atoms with E-state index in [4.69, 9.17) is 18.9 Å². The number of carbonyl (C=O) groups is 2. The van der Waals surface area contributed by atoms with Gasteiger partial charge in [-0.1, -0.05) is 68.4 Å². The summed E-state index contributed by atoms with van der Waals surface area (Å²) in [6.07, 6.45) is 0. The van der Waals surface area contributed by atoms with Gasteiger partial charge in [0.1, 0.15) is 11.5 Å². The largest absolute Gasteiger partial charge is 0.493 e. The molecule has 1 unspecified atom stereocenters. The molecule has 0 fully saturated rings. The molecule has 38 heavy (non-hydrogen) atoms. The van der Waals surface area contributed by atoms with Crippen LogP contribution in [0.15, 0.2) is 84.9 Å². The van der Waals surface area contributed by atoms with Gasteiger partial charge in [-0.25, -0.2) is 4.79 Å². The Morgan fingerprint density at radius 2 is 1.47 bits per heavy atom. The standard InChI is InChI=1S/C31H31NO6/c1-20(2)31(34)32-30(22-15-16-25(35-3)27(18-22)36-4)29-24-13-9-8-10-21(24)14-17-26(29)38-28(33)19-37-23-11-6-5-7-12-23/h5-18,20,30H,19H2,1-4H3,(H,32,34). The van der Waals surface area contributed by atoms with E-state index >= 15 is 0 Å². The highest BCUT2D eigenvalue weighted by Crippen LogP contribution is 2.39. The van der Waals surface area contributed by atoms with Crippen LogP contribution in [0, 0.1) is 5.92 Å². The van der Waals surface area contributed by atoms with Gasteiger partial charge in [0.2, 0.25) is 5.91 Å². The molecule has 0 aromatic heterocycles. The molecule has 0 radical (unpaired) electrons. The number of nitrogens with one attached hydrogen (secondary N) is 1. The second-order valence-electron chi connectivity index (χ2n) is 8.99. The molecule has 4 aromatic carbocycles. The molecule has 196 valence electrons. The molecule has 4 rings (SSSR count). The number of amides is 1. The van der Waals surface area contributed by atoms with E-state index in [2.05, 4.69) is 5.32 Å². The second kappa shape index (κ2) is 12.1. The predicted molar refractivity (Wildman–Crippen MR) is 146 cm³/mol. The van der Waals surface area contributed by atoms with Crippen molar-refractivity contribution in [2.24, 2.45) is 5.92 Å². The third kappa shape index (κ3) is 6.06. The zero-order valence-corrected chi connectivity index (χ0v) is 21.9. The van der Waals surface area contributed by atoms with Gasteiger partial charge >= 0.3 is 5.97 Å². The first-order valence-corrected chi connectivity index (χ1v) is 12.3. The molecule has 0 aliphatic rings. The lowest BCUT2D eigenvalue weighted by Gasteiger charge is -2.25. The Bertz CT molecular complexity index is 1420. The van der Waals surface area contributed by atoms with Crippen molar-refractivity contribution in [2.75, 3.05) is 20.8 Å². The first-order chi connectivity index (χ1) is 18.4. The van der Waals surface area contributed by atoms with E-state index in [1.807, 2.05) is 74.5 Å². The monoisotopic (exact) mass is 513 g/mol. The molecule has 0 saturated heterocycles. The molecule has 4 aromatic rings. The van der Waals surface area contributed by atoms with Crippen LogP contribution in [-0.2, 0) is 9.59 Å². The zero-order valence-electron chi connectivity index (χ0n) is 21.9. The van der Waals surface area contributed by atoms with Gasteiger partial charge in [0.15, 0.2) is 18.1 Å². The number of esters is 1. The number of hydrogen-bond acceptors (Lipinski definition) is 6. The minimum absolute atomic E-state index is 0.151. The summed E-state index contributed by atoms with van der Waals surface area (Å²) >= 11 is 0. The summed E-state index contributed by atoms with van der Waals surface area (Å²) in [5.41, 5.74) is 1.39. The lowest BCUT2D eigenvalue weighted by Crippen LogP contribution is -2.33. The molecular weight excluding hydrogens is 482 g/mol. The smallest absolute Gasteiger partial charge is 0.349 e. The molecule has 7 heteroatoms. The van der Waals surface area contributed by atoms with Crippen molar-refractivity contribution in [1.82, 2.24) is 5.32 Å². The average Bonchev–Trinajstić information content (AvgIpc) is 2.95. The number of benzene rings is 4. The quantitative estimate of drug-likeness (QED) is 0.216. The van der Waals surface area contributed by atoms with E-state index in [9.17, 15) is 9.59 Å². The molecule has 0 heterocycles. The maximum absolute atomic E-state index is 13.0. The molecular formula is C31H31NO6. The molecule has 7 nitrogen and oxygen atoms in total. The number of para-hydroxylation sites is 1. The summed E-state index contributed by atoms with van der Waals surface area (Å²) in [4.78, 5) is 25.9. The van der Waals surface area contributed by atoms with Crippen LogP contribution in [0.5, 0.6) is 23.0 Å². The van der Waals surface area contributed by atoms with Gasteiger partial charge in [0.05, 0.1) is 20.3 Å². The SMILES string of the molecule is COc1ccc(C(NC(=O)C(C)C)c2c(OC(=O)COc3ccccc3)ccc3ccccc23)cc1OC. The van der Waals surface area contributed by atoms with E-state index in [0.29, 0.717) is 28.6 Å². The van der Waals surface area contributed by atoms with Crippen molar-refractivity contribution < 1.29 is 28.5 Å². The van der Waals surface area contributed by atoms with Gasteiger partial charge in [0.25, 0.3) is 0 Å². The maximum Gasteiger partial charge on any atom is 0.349 e. The first-order valence-electron chi connectivity index (χ1n) is 12.3. The van der Waals surface area contributed by atoms with E-state index in [0.717, 1.165) is 16.3 Å². The van der Waals surface area contributed by atoms with Crippen molar-refractivity contribution >= 4 is 22.6 Å². The van der Waals surface area contributed by atoms with E-state index < -0.39 is 12.0 Å². The van der Waals surface area contributed by atoms with Gasteiger partial charge in [-0.15, -0.1) is 0 Å². The number of fused-ring (bicyclic) bond motifs is 1. The molecule has 0 saturated carbocycles. The van der Waals surface area contributed by atoms with Gasteiger partial charge in [-0.3, -0.25) is 4.79 Å². The second-order valence-corrected chi connectivity index (χ2v) is 8.99. The third-order valence-electron chi connectivity index (χ3n) is 6.09. The fourth-order valence-electron chi connectivity index (χ4n) is 4.14. The fourth-order valence-corrected chi connectivity index (χ4v) is 4.14. The van der Waals surface area contributed by atoms with Crippen LogP contribution in [0.1, 0.15) is 31.0 Å². The van der Waals surface area contributed by atoms with Crippen LogP contribution in [0.3, 0.4) is 0 Å². The number of rotatable bonds is 10. The highest BCUT2D eigenvalue weighted by atomic mass is 16.6. The molecule has 1 amide bonds. The average molecular weight is 514 g/mol. The summed E-state index contributed by atoms with van der Waals surface area (Å²) in [5.74, 6) is 0.994. The summed E-state index contributed by atoms with van der Waals surface area (Å²) in [5, 5.41) is 4.92. The minimum Gasteiger partial charge on any atom is -0.493 e. The summed E-state index contributed by atoms with van der Waals surface area (Å²) < 4.78 is 22.4. The first kappa shape index (κ1) is 26.5. The Hall–Kier alpha value is -4.52. The predicted octanol–water partition coefficient (Wildman–Crippen LogP) is 5.70. The van der Waals surface area contributed by atoms with Gasteiger partial charge in [-0.2, -0.15) is 0 Å². The third-order valence-corrected chi connectivity index (χ3v) is 6.09. The number of methoxy groups -OCH3 is 2. The van der Waals surface area contributed by atoms with Gasteiger partial charge < -0.3 is 24.3 Å². The summed E-state index contributed by atoms with van der Waals surface area (Å²) in [6.45, 7) is 3.38. The van der Waals surface area contributed by atoms with Crippen molar-refractivity contribution in [3.63, 3.8) is 0 Å². The van der Waals surface area contributed by atoms with Crippen LogP contribution in [0.4, 0.5) is 0 Å². The maximum atomic E-state index is 13.0. The highest BCUT2D eigenvalue weighted by molar-refractivity contribution is 5.91. The Balaban J connectivity index is 1.79. The Morgan fingerprint density at radius 3 is 2.18 bits per heavy atom. The number of carbonyl (C=O) groups excluding carboxylic acids is 2. The van der Waals surface area contributed by atoms with E-state index in [1.54, 1.807) is 38.5 Å². The number of ether oxygens (including phenoxy) is 4. The van der Waals surface area contributed by atoms with Crippen molar-refractivity contribution in [1.29, 1.82) is 0 Å². The summed E-state index contributed by atoms with van der Waals surface area (Å²) in [6, 6.07) is 25.3. The highest BCUT2D eigenvalue weighted by Gasteiger charge is 2.26. The molecule has 1 atom stereocenters. The van der Waals surface area contributed by atoms with Crippen LogP contribution >= 0.6 is 0 Å². The molecule has 0 aliphatic carbocycles. The van der Waals surface area contributed by atoms with Gasteiger partial charge in [0, 0.05) is 11.5 Å². The lowest BCUT2D eigenvalue weighted by atomic mass is 9.92. The van der Waals surface area contributed by atoms with Gasteiger partial charge in [-0.05, 0) is 46.7 Å². The van der Waals surface area contributed by atoms with E-state index in [1.165, 1.54) is 0 Å². The van der Waals surface area contributed by atoms with Crippen LogP contribution in [0.25, 0.3) is 10.8 Å². The lowest BCUT2D eigenvalue weighted by molar-refractivity contribution is -0.136. The van der Waals surface area contributed by atoms with Crippen molar-refractivity contribution in [3.8, 4) is 23.0 Å². The zero-order chi connectivity index (χ0) is 27.1. The Labute approximate surface area is 222 Å². The van der Waals surface area contributed by atoms with Crippen LogP contribution < -0.4 is 24.3 Å². The van der Waals surface area contributed by atoms with Crippen molar-refractivity contribution in [3.05, 3.63) is 96.1 Å². The van der Waals surface area contributed by atoms with Crippen LogP contribution in [-0.4, -0.2) is 32.7 Å². The molecule has 0 aliphatic heterocycles. The molecule has 1 N–H and O–H groups in total. The topological polar surface area (TPSA) is 83.1 Å². The van der Waals surface area contributed by atoms with E-state index in [-0.39, 0.29) is 18.4 Å². The molecule has 0 bridgehead atoms. The Morgan fingerprint density at radius 1 is 0.789 bits per heavy atom. The summed E-state index contributed by atoms with van der Waals surface area (Å²) in [7, 11) is 3.12. The van der Waals surface area contributed by atoms with Crippen LogP contribution in [0.2, 0.25) is 0 Å².